The number of carbonyl (C=O) groups is 1. The van der Waals surface area contributed by atoms with Crippen molar-refractivity contribution in [3.05, 3.63) is 66.0 Å². The van der Waals surface area contributed by atoms with Gasteiger partial charge in [-0.05, 0) is 35.9 Å². The van der Waals surface area contributed by atoms with Gasteiger partial charge in [-0.1, -0.05) is 12.1 Å². The molecule has 0 aliphatic rings. The van der Waals surface area contributed by atoms with Crippen molar-refractivity contribution < 1.29 is 18.0 Å². The fourth-order valence-corrected chi connectivity index (χ4v) is 1.52. The van der Waals surface area contributed by atoms with Crippen LogP contribution < -0.4 is 0 Å². The molecule has 1 aromatic carbocycles. The normalized spacial score (nSPS) is 11.9. The number of hydrogen-bond donors (Lipinski definition) is 0. The second kappa shape index (κ2) is 5.14. The van der Waals surface area contributed by atoms with Crippen LogP contribution in [-0.2, 0) is 6.18 Å². The van der Waals surface area contributed by atoms with Crippen LogP contribution in [0.1, 0.15) is 15.9 Å². The van der Waals surface area contributed by atoms with Crippen LogP contribution >= 0.6 is 0 Å². The highest BCUT2D eigenvalue weighted by atomic mass is 19.4. The molecule has 0 atom stereocenters. The van der Waals surface area contributed by atoms with Crippen molar-refractivity contribution in [1.82, 2.24) is 4.57 Å². The van der Waals surface area contributed by atoms with Crippen LogP contribution in [0.5, 0.6) is 0 Å². The summed E-state index contributed by atoms with van der Waals surface area (Å²) in [7, 11) is 0. The number of benzene rings is 1. The number of aromatic nitrogens is 1. The second-order valence-electron chi connectivity index (χ2n) is 3.88. The molecule has 0 bridgehead atoms. The van der Waals surface area contributed by atoms with Gasteiger partial charge >= 0.3 is 6.18 Å². The van der Waals surface area contributed by atoms with Crippen molar-refractivity contribution in [1.29, 1.82) is 0 Å². The molecule has 19 heavy (non-hydrogen) atoms. The van der Waals surface area contributed by atoms with Gasteiger partial charge in [-0.2, -0.15) is 13.2 Å². The first kappa shape index (κ1) is 13.1. The number of carbonyl (C=O) groups excluding carboxylic acids is 1. The van der Waals surface area contributed by atoms with Crippen molar-refractivity contribution >= 4 is 12.0 Å². The zero-order valence-electron chi connectivity index (χ0n) is 9.76. The molecule has 1 aromatic heterocycles. The zero-order valence-corrected chi connectivity index (χ0v) is 9.76. The maximum Gasteiger partial charge on any atom is 0.416 e. The molecule has 5 heteroatoms. The molecule has 2 rings (SSSR count). The van der Waals surface area contributed by atoms with Crippen LogP contribution in [0.3, 0.4) is 0 Å². The standard InChI is InChI=1S/C14H10F3NO/c15-14(16,17)12-6-3-11(4-7-12)5-8-13(19)18-9-1-2-10-18/h1-10H/b8-5+. The molecule has 98 valence electrons. The average Bonchev–Trinajstić information content (AvgIpc) is 2.89. The first-order valence-electron chi connectivity index (χ1n) is 5.49. The number of alkyl halides is 3. The van der Waals surface area contributed by atoms with E-state index >= 15 is 0 Å². The van der Waals surface area contributed by atoms with Crippen LogP contribution in [0.15, 0.2) is 54.9 Å². The van der Waals surface area contributed by atoms with Gasteiger partial charge in [0.1, 0.15) is 0 Å². The van der Waals surface area contributed by atoms with E-state index in [0.29, 0.717) is 5.56 Å². The monoisotopic (exact) mass is 265 g/mol. The highest BCUT2D eigenvalue weighted by Gasteiger charge is 2.29. The van der Waals surface area contributed by atoms with Crippen LogP contribution in [0.2, 0.25) is 0 Å². The Balaban J connectivity index is 2.10. The van der Waals surface area contributed by atoms with Crippen LogP contribution in [-0.4, -0.2) is 10.5 Å². The Morgan fingerprint density at radius 2 is 1.63 bits per heavy atom. The van der Waals surface area contributed by atoms with Gasteiger partial charge in [0.2, 0.25) is 0 Å². The van der Waals surface area contributed by atoms with Gasteiger partial charge in [-0.3, -0.25) is 9.36 Å². The topological polar surface area (TPSA) is 22.0 Å². The van der Waals surface area contributed by atoms with E-state index in [1.54, 1.807) is 24.5 Å². The van der Waals surface area contributed by atoms with Crippen LogP contribution in [0.4, 0.5) is 13.2 Å². The molecule has 0 radical (unpaired) electrons. The molecule has 0 amide bonds. The third-order valence-electron chi connectivity index (χ3n) is 2.52. The molecular formula is C14H10F3NO. The van der Waals surface area contributed by atoms with E-state index in [-0.39, 0.29) is 5.91 Å². The minimum absolute atomic E-state index is 0.259. The minimum atomic E-state index is -4.34. The lowest BCUT2D eigenvalue weighted by Crippen LogP contribution is -2.04. The number of halogens is 3. The van der Waals surface area contributed by atoms with E-state index in [2.05, 4.69) is 0 Å². The van der Waals surface area contributed by atoms with Gasteiger partial charge in [0.15, 0.2) is 0 Å². The maximum atomic E-state index is 12.3. The lowest BCUT2D eigenvalue weighted by Gasteiger charge is -2.05. The Kier molecular flexibility index (Phi) is 3.55. The van der Waals surface area contributed by atoms with E-state index in [1.807, 2.05) is 0 Å². The first-order chi connectivity index (χ1) is 8.97. The van der Waals surface area contributed by atoms with Gasteiger partial charge < -0.3 is 0 Å². The molecule has 0 saturated heterocycles. The first-order valence-corrected chi connectivity index (χ1v) is 5.49. The van der Waals surface area contributed by atoms with E-state index in [0.717, 1.165) is 12.1 Å². The second-order valence-corrected chi connectivity index (χ2v) is 3.88. The summed E-state index contributed by atoms with van der Waals surface area (Å²) in [5.41, 5.74) is -0.171. The van der Waals surface area contributed by atoms with Crippen molar-refractivity contribution in [3.8, 4) is 0 Å². The van der Waals surface area contributed by atoms with E-state index < -0.39 is 11.7 Å². The van der Waals surface area contributed by atoms with Crippen molar-refractivity contribution in [2.45, 2.75) is 6.18 Å². The molecule has 2 nitrogen and oxygen atoms in total. The summed E-state index contributed by atoms with van der Waals surface area (Å²) in [6.07, 6.45) is 1.63. The summed E-state index contributed by atoms with van der Waals surface area (Å²) in [5, 5.41) is 0. The van der Waals surface area contributed by atoms with Gasteiger partial charge in [0.25, 0.3) is 5.91 Å². The molecular weight excluding hydrogens is 255 g/mol. The quantitative estimate of drug-likeness (QED) is 0.756. The third kappa shape index (κ3) is 3.34. The average molecular weight is 265 g/mol. The minimum Gasteiger partial charge on any atom is -0.291 e. The highest BCUT2D eigenvalue weighted by molar-refractivity contribution is 5.93. The zero-order chi connectivity index (χ0) is 13.9. The van der Waals surface area contributed by atoms with Gasteiger partial charge in [-0.25, -0.2) is 0 Å². The summed E-state index contributed by atoms with van der Waals surface area (Å²) in [5.74, 6) is -0.259. The van der Waals surface area contributed by atoms with Gasteiger partial charge in [-0.15, -0.1) is 0 Å². The molecule has 0 unspecified atom stereocenters. The SMILES string of the molecule is O=C(/C=C/c1ccc(C(F)(F)F)cc1)n1cccc1. The largest absolute Gasteiger partial charge is 0.416 e. The molecule has 1 heterocycles. The van der Waals surface area contributed by atoms with Gasteiger partial charge in [0.05, 0.1) is 5.56 Å². The number of nitrogens with zero attached hydrogens (tertiary/aromatic N) is 1. The predicted molar refractivity (Wildman–Crippen MR) is 65.5 cm³/mol. The lowest BCUT2D eigenvalue weighted by molar-refractivity contribution is -0.137. The summed E-state index contributed by atoms with van der Waals surface area (Å²) in [4.78, 5) is 11.6. The molecule has 0 N–H and O–H groups in total. The summed E-state index contributed by atoms with van der Waals surface area (Å²) in [6.45, 7) is 0. The molecule has 0 aliphatic carbocycles. The van der Waals surface area contributed by atoms with Crippen LogP contribution in [0, 0.1) is 0 Å². The smallest absolute Gasteiger partial charge is 0.291 e. The molecule has 0 aliphatic heterocycles. The van der Waals surface area contributed by atoms with Crippen molar-refractivity contribution in [2.75, 3.05) is 0 Å². The highest BCUT2D eigenvalue weighted by Crippen LogP contribution is 2.29. The predicted octanol–water partition coefficient (Wildman–Crippen LogP) is 3.86. The van der Waals surface area contributed by atoms with E-state index in [1.165, 1.54) is 28.9 Å². The number of allylic oxidation sites excluding steroid dienone is 1. The summed E-state index contributed by atoms with van der Waals surface area (Å²) < 4.78 is 38.4. The Bertz CT molecular complexity index is 580. The van der Waals surface area contributed by atoms with Crippen molar-refractivity contribution in [3.63, 3.8) is 0 Å². The van der Waals surface area contributed by atoms with Crippen molar-refractivity contribution in [2.24, 2.45) is 0 Å². The van der Waals surface area contributed by atoms with E-state index in [4.69, 9.17) is 0 Å². The fraction of sp³-hybridized carbons (Fsp3) is 0.0714. The maximum absolute atomic E-state index is 12.3. The fourth-order valence-electron chi connectivity index (χ4n) is 1.52. The van der Waals surface area contributed by atoms with Gasteiger partial charge in [0, 0.05) is 18.5 Å². The molecule has 0 fully saturated rings. The molecule has 0 saturated carbocycles. The number of hydrogen-bond acceptors (Lipinski definition) is 1. The molecule has 2 aromatic rings. The summed E-state index contributed by atoms with van der Waals surface area (Å²) in [6, 6.07) is 8.04. The van der Waals surface area contributed by atoms with E-state index in [9.17, 15) is 18.0 Å². The Morgan fingerprint density at radius 3 is 2.16 bits per heavy atom. The number of rotatable bonds is 2. The third-order valence-corrected chi connectivity index (χ3v) is 2.52. The Morgan fingerprint density at radius 1 is 1.05 bits per heavy atom. The molecule has 0 spiro atoms. The Hall–Kier alpha value is -2.30. The summed E-state index contributed by atoms with van der Waals surface area (Å²) >= 11 is 0. The van der Waals surface area contributed by atoms with Crippen LogP contribution in [0.25, 0.3) is 6.08 Å². The lowest BCUT2D eigenvalue weighted by atomic mass is 10.1. The Labute approximate surface area is 107 Å².